The summed E-state index contributed by atoms with van der Waals surface area (Å²) in [6.45, 7) is 1.08. The van der Waals surface area contributed by atoms with Crippen LogP contribution in [0.5, 0.6) is 0 Å². The summed E-state index contributed by atoms with van der Waals surface area (Å²) >= 11 is 0. The number of aromatic nitrogens is 2. The fourth-order valence-corrected chi connectivity index (χ4v) is 2.85. The van der Waals surface area contributed by atoms with Crippen molar-refractivity contribution < 1.29 is 0 Å². The van der Waals surface area contributed by atoms with Crippen LogP contribution in [0.2, 0.25) is 0 Å². The molecule has 0 atom stereocenters. The molecule has 1 fully saturated rings. The van der Waals surface area contributed by atoms with Crippen molar-refractivity contribution in [2.24, 2.45) is 5.92 Å². The van der Waals surface area contributed by atoms with Crippen molar-refractivity contribution in [2.75, 3.05) is 11.9 Å². The second-order valence-corrected chi connectivity index (χ2v) is 5.37. The summed E-state index contributed by atoms with van der Waals surface area (Å²) in [4.78, 5) is 8.81. The van der Waals surface area contributed by atoms with Crippen molar-refractivity contribution >= 4 is 5.82 Å². The normalized spacial score (nSPS) is 19.5. The fourth-order valence-electron chi connectivity index (χ4n) is 2.85. The Morgan fingerprint density at radius 2 is 2.00 bits per heavy atom. The molecule has 1 aromatic rings. The summed E-state index contributed by atoms with van der Waals surface area (Å²) in [6.07, 6.45) is 12.2. The van der Waals surface area contributed by atoms with Crippen molar-refractivity contribution in [2.45, 2.75) is 51.4 Å². The molecule has 1 heterocycles. The van der Waals surface area contributed by atoms with Gasteiger partial charge in [0.1, 0.15) is 12.1 Å². The number of hydrogen-bond acceptors (Lipinski definition) is 3. The topological polar surface area (TPSA) is 37.8 Å². The molecule has 3 nitrogen and oxygen atoms in total. The lowest BCUT2D eigenvalue weighted by molar-refractivity contribution is 0.303. The van der Waals surface area contributed by atoms with Gasteiger partial charge in [0.2, 0.25) is 0 Å². The summed E-state index contributed by atoms with van der Waals surface area (Å²) in [6, 6.07) is 0. The molecule has 0 radical (unpaired) electrons. The SMILES string of the molecule is c1nc2c(c(NCCC3CCC3)n1)CCCC2. The van der Waals surface area contributed by atoms with E-state index in [1.807, 2.05) is 0 Å². The van der Waals surface area contributed by atoms with Gasteiger partial charge in [-0.1, -0.05) is 19.3 Å². The lowest BCUT2D eigenvalue weighted by atomic mass is 9.83. The third kappa shape index (κ3) is 2.43. The standard InChI is InChI=1S/C14H21N3/c1-2-7-13-12(6-1)14(17-10-16-13)15-9-8-11-4-3-5-11/h10-11H,1-9H2,(H,15,16,17). The van der Waals surface area contributed by atoms with Crippen LogP contribution in [0.4, 0.5) is 5.82 Å². The summed E-state index contributed by atoms with van der Waals surface area (Å²) < 4.78 is 0. The van der Waals surface area contributed by atoms with Gasteiger partial charge < -0.3 is 5.32 Å². The molecule has 0 aliphatic heterocycles. The van der Waals surface area contributed by atoms with Gasteiger partial charge in [0.25, 0.3) is 0 Å². The van der Waals surface area contributed by atoms with E-state index in [0.29, 0.717) is 0 Å². The molecule has 17 heavy (non-hydrogen) atoms. The van der Waals surface area contributed by atoms with Crippen LogP contribution in [0.25, 0.3) is 0 Å². The molecule has 1 aromatic heterocycles. The van der Waals surface area contributed by atoms with E-state index in [2.05, 4.69) is 15.3 Å². The van der Waals surface area contributed by atoms with E-state index in [1.165, 1.54) is 49.8 Å². The Morgan fingerprint density at radius 1 is 1.12 bits per heavy atom. The van der Waals surface area contributed by atoms with Crippen molar-refractivity contribution in [3.05, 3.63) is 17.6 Å². The molecule has 3 rings (SSSR count). The number of rotatable bonds is 4. The van der Waals surface area contributed by atoms with Crippen LogP contribution in [0.3, 0.4) is 0 Å². The molecule has 0 bridgehead atoms. The second kappa shape index (κ2) is 5.03. The van der Waals surface area contributed by atoms with Crippen molar-refractivity contribution in [1.29, 1.82) is 0 Å². The lowest BCUT2D eigenvalue weighted by Gasteiger charge is -2.25. The minimum atomic E-state index is 0.972. The number of aryl methyl sites for hydroxylation is 1. The zero-order valence-electron chi connectivity index (χ0n) is 10.4. The van der Waals surface area contributed by atoms with E-state index < -0.39 is 0 Å². The molecule has 3 heteroatoms. The van der Waals surface area contributed by atoms with Gasteiger partial charge in [0.15, 0.2) is 0 Å². The van der Waals surface area contributed by atoms with E-state index in [1.54, 1.807) is 6.33 Å². The highest BCUT2D eigenvalue weighted by molar-refractivity contribution is 5.46. The second-order valence-electron chi connectivity index (χ2n) is 5.37. The van der Waals surface area contributed by atoms with Crippen LogP contribution in [-0.2, 0) is 12.8 Å². The Labute approximate surface area is 103 Å². The Balaban J connectivity index is 1.61. The van der Waals surface area contributed by atoms with E-state index in [-0.39, 0.29) is 0 Å². The maximum Gasteiger partial charge on any atom is 0.132 e. The van der Waals surface area contributed by atoms with E-state index >= 15 is 0 Å². The van der Waals surface area contributed by atoms with Gasteiger partial charge in [-0.25, -0.2) is 9.97 Å². The van der Waals surface area contributed by atoms with Crippen LogP contribution in [0.1, 0.15) is 49.8 Å². The first-order chi connectivity index (χ1) is 8.43. The first-order valence-corrected chi connectivity index (χ1v) is 7.00. The largest absolute Gasteiger partial charge is 0.370 e. The smallest absolute Gasteiger partial charge is 0.132 e. The van der Waals surface area contributed by atoms with E-state index in [0.717, 1.165) is 31.1 Å². The molecular formula is C14H21N3. The van der Waals surface area contributed by atoms with Gasteiger partial charge in [-0.2, -0.15) is 0 Å². The maximum absolute atomic E-state index is 4.41. The third-order valence-electron chi connectivity index (χ3n) is 4.19. The summed E-state index contributed by atoms with van der Waals surface area (Å²) in [5, 5.41) is 3.52. The molecule has 1 N–H and O–H groups in total. The van der Waals surface area contributed by atoms with Crippen LogP contribution < -0.4 is 5.32 Å². The molecule has 2 aliphatic carbocycles. The highest BCUT2D eigenvalue weighted by Gasteiger charge is 2.18. The molecule has 0 aromatic carbocycles. The Morgan fingerprint density at radius 3 is 2.82 bits per heavy atom. The first-order valence-electron chi connectivity index (χ1n) is 7.00. The molecule has 1 saturated carbocycles. The molecule has 2 aliphatic rings. The number of anilines is 1. The third-order valence-corrected chi connectivity index (χ3v) is 4.19. The van der Waals surface area contributed by atoms with Crippen LogP contribution in [0.15, 0.2) is 6.33 Å². The first kappa shape index (κ1) is 11.0. The summed E-state index contributed by atoms with van der Waals surface area (Å²) in [5.41, 5.74) is 2.66. The average molecular weight is 231 g/mol. The van der Waals surface area contributed by atoms with Gasteiger partial charge in [-0.15, -0.1) is 0 Å². The van der Waals surface area contributed by atoms with Crippen LogP contribution >= 0.6 is 0 Å². The monoisotopic (exact) mass is 231 g/mol. The Hall–Kier alpha value is -1.12. The molecule has 0 amide bonds. The Kier molecular flexibility index (Phi) is 3.25. The number of nitrogens with one attached hydrogen (secondary N) is 1. The van der Waals surface area contributed by atoms with Crippen molar-refractivity contribution in [3.8, 4) is 0 Å². The fraction of sp³-hybridized carbons (Fsp3) is 0.714. The van der Waals surface area contributed by atoms with Crippen molar-refractivity contribution in [1.82, 2.24) is 9.97 Å². The quantitative estimate of drug-likeness (QED) is 0.865. The van der Waals surface area contributed by atoms with E-state index in [4.69, 9.17) is 0 Å². The van der Waals surface area contributed by atoms with E-state index in [9.17, 15) is 0 Å². The highest BCUT2D eigenvalue weighted by Crippen LogP contribution is 2.29. The zero-order valence-corrected chi connectivity index (χ0v) is 10.4. The molecule has 0 unspecified atom stereocenters. The predicted molar refractivity (Wildman–Crippen MR) is 69.1 cm³/mol. The zero-order chi connectivity index (χ0) is 11.5. The molecule has 0 saturated heterocycles. The van der Waals surface area contributed by atoms with Gasteiger partial charge >= 0.3 is 0 Å². The van der Waals surface area contributed by atoms with Crippen molar-refractivity contribution in [3.63, 3.8) is 0 Å². The number of hydrogen-bond donors (Lipinski definition) is 1. The Bertz CT molecular complexity index is 385. The van der Waals surface area contributed by atoms with Crippen LogP contribution in [-0.4, -0.2) is 16.5 Å². The van der Waals surface area contributed by atoms with Gasteiger partial charge in [0.05, 0.1) is 0 Å². The summed E-state index contributed by atoms with van der Waals surface area (Å²) in [7, 11) is 0. The van der Waals surface area contributed by atoms with Gasteiger partial charge in [0, 0.05) is 17.8 Å². The molecular weight excluding hydrogens is 210 g/mol. The lowest BCUT2D eigenvalue weighted by Crippen LogP contribution is -2.17. The average Bonchev–Trinajstić information content (AvgIpc) is 2.32. The van der Waals surface area contributed by atoms with Gasteiger partial charge in [-0.05, 0) is 38.0 Å². The van der Waals surface area contributed by atoms with Gasteiger partial charge in [-0.3, -0.25) is 0 Å². The number of nitrogens with zero attached hydrogens (tertiary/aromatic N) is 2. The summed E-state index contributed by atoms with van der Waals surface area (Å²) in [5.74, 6) is 2.08. The molecule has 0 spiro atoms. The highest BCUT2D eigenvalue weighted by atomic mass is 15.0. The maximum atomic E-state index is 4.41. The minimum absolute atomic E-state index is 0.972. The molecule has 92 valence electrons. The van der Waals surface area contributed by atoms with Crippen LogP contribution in [0, 0.1) is 5.92 Å². The minimum Gasteiger partial charge on any atom is -0.370 e. The predicted octanol–water partition coefficient (Wildman–Crippen LogP) is 2.96. The number of fused-ring (bicyclic) bond motifs is 1.